The number of benzene rings is 1. The van der Waals surface area contributed by atoms with Gasteiger partial charge in [-0.05, 0) is 43.2 Å². The smallest absolute Gasteiger partial charge is 0.243 e. The number of thioether (sulfide) groups is 1. The molecular weight excluding hydrogens is 408 g/mol. The standard InChI is InChI=1S/C21H26N2O4S2/c1-15-12-21(24)22-19-13-18(9-10-20(19)28-15)29(25,26)23(14-17-8-5-11-27-17)16-6-3-2-4-7-16/h5,8-11,13,15-16H,2-4,6-7,12,14H2,1H3,(H,22,24)/t15-/m1/s1. The number of carbonyl (C=O) groups excluding carboxylic acids is 1. The highest BCUT2D eigenvalue weighted by molar-refractivity contribution is 8.00. The number of sulfonamides is 1. The van der Waals surface area contributed by atoms with Crippen LogP contribution in [0.5, 0.6) is 0 Å². The fourth-order valence-corrected chi connectivity index (χ4v) is 6.79. The quantitative estimate of drug-likeness (QED) is 0.742. The van der Waals surface area contributed by atoms with Gasteiger partial charge in [-0.3, -0.25) is 4.79 Å². The number of nitrogens with zero attached hydrogens (tertiary/aromatic N) is 1. The minimum Gasteiger partial charge on any atom is -0.468 e. The summed E-state index contributed by atoms with van der Waals surface area (Å²) in [6.07, 6.45) is 6.90. The van der Waals surface area contributed by atoms with Gasteiger partial charge in [0.15, 0.2) is 0 Å². The van der Waals surface area contributed by atoms with Crippen LogP contribution < -0.4 is 5.32 Å². The van der Waals surface area contributed by atoms with Gasteiger partial charge < -0.3 is 9.73 Å². The number of rotatable bonds is 5. The van der Waals surface area contributed by atoms with Crippen LogP contribution in [0.25, 0.3) is 0 Å². The van der Waals surface area contributed by atoms with Crippen LogP contribution in [-0.4, -0.2) is 29.9 Å². The summed E-state index contributed by atoms with van der Waals surface area (Å²) in [5.74, 6) is 0.546. The number of nitrogens with one attached hydrogen (secondary N) is 1. The van der Waals surface area contributed by atoms with E-state index < -0.39 is 10.0 Å². The second-order valence-electron chi connectivity index (χ2n) is 7.76. The van der Waals surface area contributed by atoms with Gasteiger partial charge in [0, 0.05) is 22.6 Å². The third-order valence-electron chi connectivity index (χ3n) is 5.51. The fourth-order valence-electron chi connectivity index (χ4n) is 4.06. The number of fused-ring (bicyclic) bond motifs is 1. The summed E-state index contributed by atoms with van der Waals surface area (Å²) in [4.78, 5) is 13.2. The Kier molecular flexibility index (Phi) is 6.03. The van der Waals surface area contributed by atoms with E-state index in [9.17, 15) is 13.2 Å². The van der Waals surface area contributed by atoms with Crippen molar-refractivity contribution in [3.05, 3.63) is 42.4 Å². The highest BCUT2D eigenvalue weighted by Gasteiger charge is 2.34. The van der Waals surface area contributed by atoms with Crippen molar-refractivity contribution in [2.24, 2.45) is 0 Å². The zero-order chi connectivity index (χ0) is 20.4. The van der Waals surface area contributed by atoms with Crippen molar-refractivity contribution in [1.82, 2.24) is 4.31 Å². The van der Waals surface area contributed by atoms with Crippen molar-refractivity contribution >= 4 is 33.4 Å². The second-order valence-corrected chi connectivity index (χ2v) is 11.1. The van der Waals surface area contributed by atoms with Gasteiger partial charge in [0.2, 0.25) is 15.9 Å². The van der Waals surface area contributed by atoms with E-state index in [1.165, 1.54) is 0 Å². The second kappa shape index (κ2) is 8.53. The van der Waals surface area contributed by atoms with Crippen molar-refractivity contribution in [2.45, 2.75) is 73.1 Å². The molecule has 0 radical (unpaired) electrons. The fraction of sp³-hybridized carbons (Fsp3) is 0.476. The van der Waals surface area contributed by atoms with Gasteiger partial charge in [-0.1, -0.05) is 26.2 Å². The SMILES string of the molecule is C[C@@H]1CC(=O)Nc2cc(S(=O)(=O)N(Cc3ccco3)C3CCCCC3)ccc2S1. The monoisotopic (exact) mass is 434 g/mol. The highest BCUT2D eigenvalue weighted by atomic mass is 32.2. The zero-order valence-electron chi connectivity index (χ0n) is 16.5. The molecule has 156 valence electrons. The van der Waals surface area contributed by atoms with E-state index in [-0.39, 0.29) is 28.6 Å². The molecule has 0 unspecified atom stereocenters. The Balaban J connectivity index is 1.69. The van der Waals surface area contributed by atoms with Gasteiger partial charge in [-0.25, -0.2) is 8.42 Å². The van der Waals surface area contributed by atoms with Crippen LogP contribution in [0.1, 0.15) is 51.2 Å². The minimum atomic E-state index is -3.74. The minimum absolute atomic E-state index is 0.0401. The molecule has 2 aromatic rings. The molecule has 0 bridgehead atoms. The lowest BCUT2D eigenvalue weighted by molar-refractivity contribution is -0.116. The lowest BCUT2D eigenvalue weighted by atomic mass is 9.95. The van der Waals surface area contributed by atoms with Crippen LogP contribution in [-0.2, 0) is 21.4 Å². The van der Waals surface area contributed by atoms with E-state index in [4.69, 9.17) is 4.42 Å². The van der Waals surface area contributed by atoms with Gasteiger partial charge in [0.1, 0.15) is 5.76 Å². The van der Waals surface area contributed by atoms with E-state index >= 15 is 0 Å². The van der Waals surface area contributed by atoms with Crippen LogP contribution in [0.2, 0.25) is 0 Å². The van der Waals surface area contributed by atoms with E-state index in [0.717, 1.165) is 37.0 Å². The molecule has 0 saturated heterocycles. The third kappa shape index (κ3) is 4.54. The molecule has 1 aliphatic heterocycles. The highest BCUT2D eigenvalue weighted by Crippen LogP contribution is 2.37. The Hall–Kier alpha value is -1.77. The molecule has 2 heterocycles. The number of hydrogen-bond donors (Lipinski definition) is 1. The molecule has 1 aromatic heterocycles. The lowest BCUT2D eigenvalue weighted by Crippen LogP contribution is -2.40. The van der Waals surface area contributed by atoms with Crippen LogP contribution in [0, 0.1) is 0 Å². The number of carbonyl (C=O) groups is 1. The van der Waals surface area contributed by atoms with Crippen LogP contribution in [0.4, 0.5) is 5.69 Å². The number of furan rings is 1. The maximum absolute atomic E-state index is 13.6. The first kappa shape index (κ1) is 20.5. The number of anilines is 1. The van der Waals surface area contributed by atoms with Crippen molar-refractivity contribution in [2.75, 3.05) is 5.32 Å². The first-order chi connectivity index (χ1) is 13.9. The molecule has 1 amide bonds. The van der Waals surface area contributed by atoms with Crippen molar-refractivity contribution in [3.8, 4) is 0 Å². The molecule has 1 atom stereocenters. The first-order valence-corrected chi connectivity index (χ1v) is 12.4. The summed E-state index contributed by atoms with van der Waals surface area (Å²) in [6, 6.07) is 8.61. The van der Waals surface area contributed by atoms with Crippen molar-refractivity contribution in [1.29, 1.82) is 0 Å². The van der Waals surface area contributed by atoms with Crippen LogP contribution >= 0.6 is 11.8 Å². The summed E-state index contributed by atoms with van der Waals surface area (Å²) in [5, 5.41) is 3.02. The van der Waals surface area contributed by atoms with Gasteiger partial charge in [0.25, 0.3) is 0 Å². The van der Waals surface area contributed by atoms with Gasteiger partial charge in [-0.2, -0.15) is 4.31 Å². The Bertz CT molecular complexity index is 967. The molecule has 4 rings (SSSR count). The summed E-state index contributed by atoms with van der Waals surface area (Å²) in [7, 11) is -3.74. The molecule has 1 saturated carbocycles. The molecule has 1 aliphatic carbocycles. The summed E-state index contributed by atoms with van der Waals surface area (Å²) < 4.78 is 34.3. The lowest BCUT2D eigenvalue weighted by Gasteiger charge is -2.33. The zero-order valence-corrected chi connectivity index (χ0v) is 18.1. The van der Waals surface area contributed by atoms with Crippen molar-refractivity contribution in [3.63, 3.8) is 0 Å². The third-order valence-corrected chi connectivity index (χ3v) is 8.58. The van der Waals surface area contributed by atoms with Crippen LogP contribution in [0.3, 0.4) is 0 Å². The molecule has 6 nitrogen and oxygen atoms in total. The van der Waals surface area contributed by atoms with E-state index in [1.807, 2.05) is 6.92 Å². The Morgan fingerprint density at radius 1 is 1.21 bits per heavy atom. The number of amides is 1. The molecule has 8 heteroatoms. The van der Waals surface area contributed by atoms with Gasteiger partial charge in [0.05, 0.1) is 23.4 Å². The first-order valence-electron chi connectivity index (χ1n) is 10.1. The molecule has 1 N–H and O–H groups in total. The molecule has 29 heavy (non-hydrogen) atoms. The molecule has 0 spiro atoms. The largest absolute Gasteiger partial charge is 0.468 e. The van der Waals surface area contributed by atoms with E-state index in [2.05, 4.69) is 5.32 Å². The summed E-state index contributed by atoms with van der Waals surface area (Å²) in [5.41, 5.74) is 0.576. The number of hydrogen-bond acceptors (Lipinski definition) is 5. The Labute approximate surface area is 176 Å². The topological polar surface area (TPSA) is 79.6 Å². The molecule has 1 fully saturated rings. The van der Waals surface area contributed by atoms with E-state index in [0.29, 0.717) is 17.9 Å². The predicted octanol–water partition coefficient (Wildman–Crippen LogP) is 4.63. The molecule has 2 aliphatic rings. The Morgan fingerprint density at radius 3 is 2.72 bits per heavy atom. The predicted molar refractivity (Wildman–Crippen MR) is 113 cm³/mol. The van der Waals surface area contributed by atoms with Crippen LogP contribution in [0.15, 0.2) is 50.8 Å². The maximum Gasteiger partial charge on any atom is 0.243 e. The normalized spacial score (nSPS) is 20.9. The molecular formula is C21H26N2O4S2. The van der Waals surface area contributed by atoms with Gasteiger partial charge >= 0.3 is 0 Å². The maximum atomic E-state index is 13.6. The summed E-state index contributed by atoms with van der Waals surface area (Å²) >= 11 is 1.59. The molecule has 1 aromatic carbocycles. The van der Waals surface area contributed by atoms with E-state index in [1.54, 1.807) is 52.7 Å². The Morgan fingerprint density at radius 2 is 2.00 bits per heavy atom. The van der Waals surface area contributed by atoms with Crippen molar-refractivity contribution < 1.29 is 17.6 Å². The van der Waals surface area contributed by atoms with Gasteiger partial charge in [-0.15, -0.1) is 11.8 Å². The average molecular weight is 435 g/mol. The average Bonchev–Trinajstić information content (AvgIpc) is 3.16. The summed E-state index contributed by atoms with van der Waals surface area (Å²) in [6.45, 7) is 2.22.